The van der Waals surface area contributed by atoms with E-state index in [2.05, 4.69) is 31.3 Å². The number of unbranched alkanes of at least 4 members (excludes halogenated alkanes) is 12. The van der Waals surface area contributed by atoms with E-state index in [1.54, 1.807) is 0 Å². The van der Waals surface area contributed by atoms with E-state index in [-0.39, 0.29) is 24.5 Å². The monoisotopic (exact) mass is 495 g/mol. The van der Waals surface area contributed by atoms with Crippen LogP contribution in [0.15, 0.2) is 12.2 Å². The number of carboxylic acid groups (broad SMARTS) is 1. The maximum absolute atomic E-state index is 12.3. The summed E-state index contributed by atoms with van der Waals surface area (Å²) >= 11 is 0. The number of nitrogens with one attached hydrogen (secondary N) is 1. The van der Waals surface area contributed by atoms with Gasteiger partial charge < -0.3 is 15.2 Å². The van der Waals surface area contributed by atoms with Crippen molar-refractivity contribution >= 4 is 17.8 Å². The van der Waals surface area contributed by atoms with Crippen LogP contribution in [0.5, 0.6) is 0 Å². The minimum Gasteiger partial charge on any atom is -0.480 e. The van der Waals surface area contributed by atoms with Crippen LogP contribution in [0.1, 0.15) is 142 Å². The highest BCUT2D eigenvalue weighted by molar-refractivity contribution is 5.80. The van der Waals surface area contributed by atoms with E-state index in [1.165, 1.54) is 51.4 Å². The molecular formula is C29H53NO5. The van der Waals surface area contributed by atoms with E-state index in [9.17, 15) is 14.4 Å². The van der Waals surface area contributed by atoms with Crippen LogP contribution >= 0.6 is 0 Å². The number of esters is 1. The summed E-state index contributed by atoms with van der Waals surface area (Å²) < 4.78 is 5.80. The number of hydrogen-bond donors (Lipinski definition) is 2. The summed E-state index contributed by atoms with van der Waals surface area (Å²) in [7, 11) is 0. The molecule has 0 radical (unpaired) electrons. The van der Waals surface area contributed by atoms with Gasteiger partial charge in [0.25, 0.3) is 0 Å². The van der Waals surface area contributed by atoms with Gasteiger partial charge in [-0.05, 0) is 64.2 Å². The highest BCUT2D eigenvalue weighted by Crippen LogP contribution is 2.17. The van der Waals surface area contributed by atoms with Gasteiger partial charge in [0, 0.05) is 12.8 Å². The number of carbonyl (C=O) groups excluding carboxylic acids is 2. The fourth-order valence-corrected chi connectivity index (χ4v) is 4.04. The molecule has 0 saturated carbocycles. The van der Waals surface area contributed by atoms with Crippen molar-refractivity contribution in [3.05, 3.63) is 12.2 Å². The number of amides is 1. The van der Waals surface area contributed by atoms with Gasteiger partial charge in [0.1, 0.15) is 12.6 Å². The molecule has 204 valence electrons. The molecule has 1 atom stereocenters. The van der Waals surface area contributed by atoms with Gasteiger partial charge in [0.15, 0.2) is 0 Å². The van der Waals surface area contributed by atoms with Crippen LogP contribution in [0.2, 0.25) is 0 Å². The summed E-state index contributed by atoms with van der Waals surface area (Å²) in [4.78, 5) is 34.4. The maximum Gasteiger partial charge on any atom is 0.322 e. The van der Waals surface area contributed by atoms with E-state index in [0.717, 1.165) is 64.2 Å². The van der Waals surface area contributed by atoms with Gasteiger partial charge in [-0.2, -0.15) is 0 Å². The fraction of sp³-hybridized carbons (Fsp3) is 0.828. The molecule has 0 aliphatic carbocycles. The van der Waals surface area contributed by atoms with Crippen molar-refractivity contribution in [1.82, 2.24) is 5.32 Å². The Morgan fingerprint density at radius 1 is 0.714 bits per heavy atom. The zero-order valence-corrected chi connectivity index (χ0v) is 22.7. The molecule has 0 aliphatic heterocycles. The molecular weight excluding hydrogens is 442 g/mol. The number of hydrogen-bond acceptors (Lipinski definition) is 4. The third-order valence-corrected chi connectivity index (χ3v) is 6.19. The highest BCUT2D eigenvalue weighted by Gasteiger charge is 2.14. The third-order valence-electron chi connectivity index (χ3n) is 6.19. The second-order valence-electron chi connectivity index (χ2n) is 9.65. The van der Waals surface area contributed by atoms with Crippen molar-refractivity contribution in [3.63, 3.8) is 0 Å². The van der Waals surface area contributed by atoms with Gasteiger partial charge in [-0.25, -0.2) is 0 Å². The zero-order chi connectivity index (χ0) is 26.0. The Morgan fingerprint density at radius 2 is 1.23 bits per heavy atom. The van der Waals surface area contributed by atoms with Gasteiger partial charge >= 0.3 is 11.9 Å². The molecule has 6 heteroatoms. The quantitative estimate of drug-likeness (QED) is 0.0777. The first-order chi connectivity index (χ1) is 17.0. The van der Waals surface area contributed by atoms with Crippen molar-refractivity contribution in [1.29, 1.82) is 0 Å². The first kappa shape index (κ1) is 33.1. The van der Waals surface area contributed by atoms with Crippen LogP contribution < -0.4 is 5.32 Å². The predicted molar refractivity (Wildman–Crippen MR) is 143 cm³/mol. The molecule has 0 fully saturated rings. The van der Waals surface area contributed by atoms with Crippen LogP contribution in [-0.2, 0) is 19.1 Å². The smallest absolute Gasteiger partial charge is 0.322 e. The Balaban J connectivity index is 3.92. The standard InChI is InChI=1S/C29H53NO5/c1-3-5-7-8-9-10-11-12-13-14-15-20-24-29(34)35-26(21-17-6-4-2)22-18-16-19-23-27(31)30-25-28(32)33/h9-10,26H,3-8,11-25H2,1-2H3,(H,30,31)(H,32,33)/b10-9-. The minimum atomic E-state index is -1.03. The lowest BCUT2D eigenvalue weighted by Gasteiger charge is -2.18. The van der Waals surface area contributed by atoms with E-state index in [0.29, 0.717) is 12.8 Å². The van der Waals surface area contributed by atoms with Crippen LogP contribution in [0, 0.1) is 0 Å². The minimum absolute atomic E-state index is 0.0287. The van der Waals surface area contributed by atoms with Crippen LogP contribution in [-0.4, -0.2) is 35.6 Å². The van der Waals surface area contributed by atoms with E-state index in [4.69, 9.17) is 9.84 Å². The first-order valence-corrected chi connectivity index (χ1v) is 14.3. The average molecular weight is 496 g/mol. The zero-order valence-electron chi connectivity index (χ0n) is 22.7. The second-order valence-corrected chi connectivity index (χ2v) is 9.65. The Kier molecular flexibility index (Phi) is 23.9. The molecule has 2 N–H and O–H groups in total. The number of allylic oxidation sites excluding steroid dienone is 2. The summed E-state index contributed by atoms with van der Waals surface area (Å²) in [5, 5.41) is 11.0. The molecule has 0 saturated heterocycles. The Hall–Kier alpha value is -1.85. The van der Waals surface area contributed by atoms with Crippen LogP contribution in [0.25, 0.3) is 0 Å². The molecule has 0 rings (SSSR count). The van der Waals surface area contributed by atoms with E-state index >= 15 is 0 Å². The number of aliphatic carboxylic acids is 1. The number of carbonyl (C=O) groups is 3. The molecule has 0 spiro atoms. The Bertz CT molecular complexity index is 561. The van der Waals surface area contributed by atoms with Gasteiger partial charge in [-0.3, -0.25) is 14.4 Å². The first-order valence-electron chi connectivity index (χ1n) is 14.3. The average Bonchev–Trinajstić information content (AvgIpc) is 2.83. The van der Waals surface area contributed by atoms with Crippen molar-refractivity contribution in [3.8, 4) is 0 Å². The summed E-state index contributed by atoms with van der Waals surface area (Å²) in [6, 6.07) is 0. The van der Waals surface area contributed by atoms with Crippen molar-refractivity contribution in [2.24, 2.45) is 0 Å². The second kappa shape index (κ2) is 25.2. The molecule has 0 aromatic rings. The molecule has 1 amide bonds. The SMILES string of the molecule is CCCCC/C=C\CCCCCCCC(=O)OC(CCCCC)CCCCCC(=O)NCC(=O)O. The summed E-state index contributed by atoms with van der Waals surface area (Å²) in [5.74, 6) is -1.33. The Morgan fingerprint density at radius 3 is 1.89 bits per heavy atom. The highest BCUT2D eigenvalue weighted by atomic mass is 16.5. The summed E-state index contributed by atoms with van der Waals surface area (Å²) in [5.41, 5.74) is 0. The number of ether oxygens (including phenoxy) is 1. The number of rotatable bonds is 25. The van der Waals surface area contributed by atoms with Gasteiger partial charge in [0.05, 0.1) is 0 Å². The molecule has 0 aliphatic rings. The van der Waals surface area contributed by atoms with Gasteiger partial charge in [0.2, 0.25) is 5.91 Å². The lowest BCUT2D eigenvalue weighted by molar-refractivity contribution is -0.150. The van der Waals surface area contributed by atoms with Gasteiger partial charge in [-0.15, -0.1) is 0 Å². The van der Waals surface area contributed by atoms with E-state index in [1.807, 2.05) is 0 Å². The van der Waals surface area contributed by atoms with Crippen molar-refractivity contribution in [2.75, 3.05) is 6.54 Å². The maximum atomic E-state index is 12.3. The normalized spacial score (nSPS) is 12.1. The lowest BCUT2D eigenvalue weighted by atomic mass is 10.0. The van der Waals surface area contributed by atoms with E-state index < -0.39 is 5.97 Å². The third kappa shape index (κ3) is 25.1. The largest absolute Gasteiger partial charge is 0.480 e. The molecule has 0 bridgehead atoms. The Labute approximate surface area is 214 Å². The summed E-state index contributed by atoms with van der Waals surface area (Å²) in [6.45, 7) is 4.07. The lowest BCUT2D eigenvalue weighted by Crippen LogP contribution is -2.28. The molecule has 35 heavy (non-hydrogen) atoms. The molecule has 6 nitrogen and oxygen atoms in total. The van der Waals surface area contributed by atoms with Crippen LogP contribution in [0.4, 0.5) is 0 Å². The topological polar surface area (TPSA) is 92.7 Å². The molecule has 1 unspecified atom stereocenters. The number of carboxylic acids is 1. The predicted octanol–water partition coefficient (Wildman–Crippen LogP) is 7.50. The van der Waals surface area contributed by atoms with Crippen molar-refractivity contribution in [2.45, 2.75) is 148 Å². The van der Waals surface area contributed by atoms with Gasteiger partial charge in [-0.1, -0.05) is 77.4 Å². The van der Waals surface area contributed by atoms with Crippen molar-refractivity contribution < 1.29 is 24.2 Å². The fourth-order valence-electron chi connectivity index (χ4n) is 4.04. The van der Waals surface area contributed by atoms with Crippen LogP contribution in [0.3, 0.4) is 0 Å². The molecule has 0 heterocycles. The molecule has 0 aromatic carbocycles. The summed E-state index contributed by atoms with van der Waals surface area (Å²) in [6.07, 6.45) is 24.9. The molecule has 0 aromatic heterocycles.